The van der Waals surface area contributed by atoms with Crippen molar-refractivity contribution in [2.75, 3.05) is 26.4 Å². The Balaban J connectivity index is 0.000000340. The van der Waals surface area contributed by atoms with Crippen LogP contribution in [0.25, 0.3) is 0 Å². The Hall–Kier alpha value is -1.33. The van der Waals surface area contributed by atoms with E-state index in [1.807, 2.05) is 0 Å². The molecule has 200 valence electrons. The second-order valence-electron chi connectivity index (χ2n) is 9.98. The van der Waals surface area contributed by atoms with Gasteiger partial charge in [0, 0.05) is 11.8 Å². The monoisotopic (exact) mass is 494 g/mol. The molecule has 9 nitrogen and oxygen atoms in total. The molecule has 2 rings (SSSR count). The van der Waals surface area contributed by atoms with Crippen molar-refractivity contribution in [3.05, 3.63) is 0 Å². The van der Waals surface area contributed by atoms with Crippen molar-refractivity contribution in [2.45, 2.75) is 104 Å². The SMILES string of the molecule is CCOC(=O)[C@@](C)(O)[C@H](C)C1COC(C)(C)O1.CCOC(=O)[C@](C)(F)[C@H](C)C1COC(C)(C)O1. The van der Waals surface area contributed by atoms with E-state index in [0.29, 0.717) is 6.61 Å². The number of carbonyl (C=O) groups excluding carboxylic acids is 2. The number of aliphatic hydroxyl groups is 1. The van der Waals surface area contributed by atoms with E-state index in [0.717, 1.165) is 0 Å². The molecular weight excluding hydrogens is 451 g/mol. The lowest BCUT2D eigenvalue weighted by Gasteiger charge is -2.31. The summed E-state index contributed by atoms with van der Waals surface area (Å²) in [4.78, 5) is 23.2. The normalized spacial score (nSPS) is 28.5. The highest BCUT2D eigenvalue weighted by Gasteiger charge is 2.49. The topological polar surface area (TPSA) is 110 Å². The van der Waals surface area contributed by atoms with Crippen LogP contribution in [0.15, 0.2) is 0 Å². The molecule has 10 heteroatoms. The van der Waals surface area contributed by atoms with Crippen LogP contribution in [0.3, 0.4) is 0 Å². The van der Waals surface area contributed by atoms with Gasteiger partial charge in [-0.2, -0.15) is 0 Å². The van der Waals surface area contributed by atoms with E-state index in [4.69, 9.17) is 28.4 Å². The number of alkyl halides is 1. The molecule has 34 heavy (non-hydrogen) atoms. The van der Waals surface area contributed by atoms with E-state index in [2.05, 4.69) is 0 Å². The number of hydrogen-bond donors (Lipinski definition) is 1. The van der Waals surface area contributed by atoms with Crippen LogP contribution >= 0.6 is 0 Å². The first-order valence-electron chi connectivity index (χ1n) is 11.8. The van der Waals surface area contributed by atoms with Crippen LogP contribution in [-0.2, 0) is 38.0 Å². The Morgan fingerprint density at radius 2 is 1.29 bits per heavy atom. The number of ether oxygens (including phenoxy) is 6. The van der Waals surface area contributed by atoms with Gasteiger partial charge in [-0.15, -0.1) is 0 Å². The zero-order valence-electron chi connectivity index (χ0n) is 22.2. The molecule has 2 heterocycles. The first kappa shape index (κ1) is 30.7. The van der Waals surface area contributed by atoms with Gasteiger partial charge in [-0.05, 0) is 55.4 Å². The molecule has 2 unspecified atom stereocenters. The van der Waals surface area contributed by atoms with Crippen LogP contribution in [-0.4, -0.2) is 78.5 Å². The molecule has 0 aliphatic carbocycles. The van der Waals surface area contributed by atoms with Crippen molar-refractivity contribution >= 4 is 11.9 Å². The van der Waals surface area contributed by atoms with Crippen LogP contribution in [0.1, 0.15) is 69.2 Å². The summed E-state index contributed by atoms with van der Waals surface area (Å²) < 4.78 is 45.9. The zero-order valence-corrected chi connectivity index (χ0v) is 22.2. The Kier molecular flexibility index (Phi) is 10.5. The lowest BCUT2D eigenvalue weighted by atomic mass is 9.86. The standard InChI is InChI=1S/C12H21FO4.C12H22O5/c1-6-15-10(14)12(5,13)8(2)9-7-16-11(3,4)17-9;1-6-15-10(13)12(5,14)8(2)9-7-16-11(3,4)17-9/h8-9H,6-7H2,1-5H3;8-9,14H,6-7H2,1-5H3/t8-,9?,12-;8-,9?,12+/m11/s1. The number of hydrogen-bond acceptors (Lipinski definition) is 9. The quantitative estimate of drug-likeness (QED) is 0.509. The molecule has 0 amide bonds. The molecule has 0 aromatic carbocycles. The summed E-state index contributed by atoms with van der Waals surface area (Å²) in [5.74, 6) is -3.87. The largest absolute Gasteiger partial charge is 0.464 e. The second kappa shape index (κ2) is 11.6. The van der Waals surface area contributed by atoms with E-state index in [1.165, 1.54) is 13.8 Å². The second-order valence-corrected chi connectivity index (χ2v) is 9.98. The van der Waals surface area contributed by atoms with E-state index < -0.39 is 52.7 Å². The highest BCUT2D eigenvalue weighted by Crippen LogP contribution is 2.35. The van der Waals surface area contributed by atoms with Gasteiger partial charge in [-0.1, -0.05) is 13.8 Å². The molecule has 0 aromatic rings. The van der Waals surface area contributed by atoms with E-state index in [9.17, 15) is 19.1 Å². The smallest absolute Gasteiger partial charge is 0.343 e. The molecule has 2 fully saturated rings. The third-order valence-electron chi connectivity index (χ3n) is 6.28. The molecular formula is C24H43FO9. The summed E-state index contributed by atoms with van der Waals surface area (Å²) in [6, 6.07) is 0. The van der Waals surface area contributed by atoms with Crippen molar-refractivity contribution in [2.24, 2.45) is 11.8 Å². The van der Waals surface area contributed by atoms with Crippen molar-refractivity contribution in [3.63, 3.8) is 0 Å². The van der Waals surface area contributed by atoms with Crippen molar-refractivity contribution in [1.82, 2.24) is 0 Å². The number of halogens is 1. The average Bonchev–Trinajstić information content (AvgIpc) is 3.28. The first-order valence-corrected chi connectivity index (χ1v) is 11.8. The van der Waals surface area contributed by atoms with Crippen molar-refractivity contribution < 1.29 is 47.5 Å². The number of rotatable bonds is 8. The van der Waals surface area contributed by atoms with Gasteiger partial charge in [0.25, 0.3) is 0 Å². The van der Waals surface area contributed by atoms with Crippen LogP contribution in [0.4, 0.5) is 4.39 Å². The Labute approximate surface area is 202 Å². The van der Waals surface area contributed by atoms with Crippen LogP contribution in [0.2, 0.25) is 0 Å². The lowest BCUT2D eigenvalue weighted by molar-refractivity contribution is -0.181. The average molecular weight is 495 g/mol. The molecule has 2 saturated heterocycles. The van der Waals surface area contributed by atoms with Crippen LogP contribution < -0.4 is 0 Å². The minimum Gasteiger partial charge on any atom is -0.464 e. The summed E-state index contributed by atoms with van der Waals surface area (Å²) >= 11 is 0. The third-order valence-corrected chi connectivity index (χ3v) is 6.28. The Bertz CT molecular complexity index is 632. The fraction of sp³-hybridized carbons (Fsp3) is 0.917. The van der Waals surface area contributed by atoms with Gasteiger partial charge in [-0.25, -0.2) is 14.0 Å². The summed E-state index contributed by atoms with van der Waals surface area (Å²) in [6.45, 7) is 17.6. The summed E-state index contributed by atoms with van der Waals surface area (Å²) in [6.07, 6.45) is -0.756. The van der Waals surface area contributed by atoms with Crippen molar-refractivity contribution in [1.29, 1.82) is 0 Å². The van der Waals surface area contributed by atoms with E-state index >= 15 is 0 Å². The molecule has 6 atom stereocenters. The fourth-order valence-electron chi connectivity index (χ4n) is 3.56. The third kappa shape index (κ3) is 7.84. The van der Waals surface area contributed by atoms with Crippen molar-refractivity contribution in [3.8, 4) is 0 Å². The van der Waals surface area contributed by atoms with Gasteiger partial charge >= 0.3 is 11.9 Å². The molecule has 2 aliphatic heterocycles. The zero-order chi connectivity index (χ0) is 26.5. The summed E-state index contributed by atoms with van der Waals surface area (Å²) in [7, 11) is 0. The molecule has 0 spiro atoms. The maximum absolute atomic E-state index is 14.4. The van der Waals surface area contributed by atoms with Crippen LogP contribution in [0.5, 0.6) is 0 Å². The van der Waals surface area contributed by atoms with Gasteiger partial charge in [-0.3, -0.25) is 0 Å². The summed E-state index contributed by atoms with van der Waals surface area (Å²) in [5.41, 5.74) is -3.63. The van der Waals surface area contributed by atoms with Gasteiger partial charge in [0.05, 0.1) is 38.6 Å². The van der Waals surface area contributed by atoms with Crippen LogP contribution in [0, 0.1) is 11.8 Å². The molecule has 0 radical (unpaired) electrons. The molecule has 0 saturated carbocycles. The predicted molar refractivity (Wildman–Crippen MR) is 122 cm³/mol. The fourth-order valence-corrected chi connectivity index (χ4v) is 3.56. The van der Waals surface area contributed by atoms with E-state index in [1.54, 1.807) is 55.4 Å². The minimum absolute atomic E-state index is 0.165. The summed E-state index contributed by atoms with van der Waals surface area (Å²) in [5, 5.41) is 10.2. The molecule has 2 aliphatic rings. The molecule has 0 bridgehead atoms. The highest BCUT2D eigenvalue weighted by atomic mass is 19.1. The minimum atomic E-state index is -2.07. The first-order chi connectivity index (χ1) is 15.4. The van der Waals surface area contributed by atoms with Gasteiger partial charge in [0.1, 0.15) is 0 Å². The maximum atomic E-state index is 14.4. The number of carbonyl (C=O) groups is 2. The van der Waals surface area contributed by atoms with Gasteiger partial charge in [0.2, 0.25) is 5.67 Å². The van der Waals surface area contributed by atoms with E-state index in [-0.39, 0.29) is 25.9 Å². The highest BCUT2D eigenvalue weighted by molar-refractivity contribution is 5.79. The number of esters is 2. The predicted octanol–water partition coefficient (Wildman–Crippen LogP) is 3.15. The molecule has 1 N–H and O–H groups in total. The Morgan fingerprint density at radius 3 is 1.65 bits per heavy atom. The molecule has 0 aromatic heterocycles. The van der Waals surface area contributed by atoms with Gasteiger partial charge in [0.15, 0.2) is 17.2 Å². The van der Waals surface area contributed by atoms with Gasteiger partial charge < -0.3 is 33.5 Å². The lowest BCUT2D eigenvalue weighted by Crippen LogP contribution is -2.48. The maximum Gasteiger partial charge on any atom is 0.343 e. The Morgan fingerprint density at radius 1 is 0.912 bits per heavy atom.